The van der Waals surface area contributed by atoms with Crippen LogP contribution in [0, 0.1) is 5.92 Å². The molecule has 0 rings (SSSR count). The molecule has 14 N–H and O–H groups in total. The van der Waals surface area contributed by atoms with Crippen molar-refractivity contribution in [3.63, 3.8) is 0 Å². The van der Waals surface area contributed by atoms with Crippen LogP contribution in [0.2, 0.25) is 0 Å². The van der Waals surface area contributed by atoms with Gasteiger partial charge in [0, 0.05) is 19.4 Å². The van der Waals surface area contributed by atoms with E-state index in [4.69, 9.17) is 28.7 Å². The Morgan fingerprint density at radius 2 is 1.24 bits per heavy atom. The maximum Gasteiger partial charge on any atom is 0.326 e. The Morgan fingerprint density at radius 1 is 0.737 bits per heavy atom. The minimum atomic E-state index is -1.40. The predicted octanol–water partition coefficient (Wildman–Crippen LogP) is -3.52. The highest BCUT2D eigenvalue weighted by molar-refractivity contribution is 5.94. The number of primary amides is 2. The maximum atomic E-state index is 13.1. The van der Waals surface area contributed by atoms with Gasteiger partial charge in [-0.3, -0.25) is 29.0 Å². The number of carbonyl (C=O) groups is 6. The molecule has 0 heterocycles. The molecule has 0 spiro atoms. The second-order valence-corrected chi connectivity index (χ2v) is 9.22. The summed E-state index contributed by atoms with van der Waals surface area (Å²) >= 11 is 0. The van der Waals surface area contributed by atoms with Gasteiger partial charge in [-0.05, 0) is 38.0 Å². The smallest absolute Gasteiger partial charge is 0.326 e. The van der Waals surface area contributed by atoms with Crippen molar-refractivity contribution in [2.75, 3.05) is 6.54 Å². The first-order valence-electron chi connectivity index (χ1n) is 12.1. The number of guanidine groups is 1. The topological polar surface area (TPSA) is 301 Å². The molecule has 38 heavy (non-hydrogen) atoms. The lowest BCUT2D eigenvalue weighted by Gasteiger charge is -2.26. The number of hydrogen-bond donors (Lipinski definition) is 9. The second-order valence-electron chi connectivity index (χ2n) is 9.22. The summed E-state index contributed by atoms with van der Waals surface area (Å²) in [6.45, 7) is 3.74. The highest BCUT2D eigenvalue weighted by atomic mass is 16.4. The van der Waals surface area contributed by atoms with Crippen LogP contribution in [0.3, 0.4) is 0 Å². The summed E-state index contributed by atoms with van der Waals surface area (Å²) in [5.74, 6) is -5.20. The van der Waals surface area contributed by atoms with Crippen LogP contribution in [-0.4, -0.2) is 77.3 Å². The molecule has 0 unspecified atom stereocenters. The van der Waals surface area contributed by atoms with Crippen LogP contribution in [0.4, 0.5) is 0 Å². The molecule has 5 amide bonds. The summed E-state index contributed by atoms with van der Waals surface area (Å²) in [6.07, 6.45) is -0.168. The van der Waals surface area contributed by atoms with Crippen molar-refractivity contribution in [1.29, 1.82) is 0 Å². The maximum absolute atomic E-state index is 13.1. The van der Waals surface area contributed by atoms with Crippen LogP contribution in [0.25, 0.3) is 0 Å². The quantitative estimate of drug-likeness (QED) is 0.0439. The number of hydrogen-bond acceptors (Lipinski definition) is 8. The molecule has 0 aromatic rings. The Labute approximate surface area is 220 Å². The van der Waals surface area contributed by atoms with Gasteiger partial charge in [0.05, 0.1) is 6.04 Å². The van der Waals surface area contributed by atoms with Gasteiger partial charge in [-0.2, -0.15) is 0 Å². The van der Waals surface area contributed by atoms with Crippen LogP contribution in [0.1, 0.15) is 58.8 Å². The molecule has 0 saturated heterocycles. The number of amides is 5. The van der Waals surface area contributed by atoms with Gasteiger partial charge in [0.1, 0.15) is 18.1 Å². The fourth-order valence-electron chi connectivity index (χ4n) is 3.27. The van der Waals surface area contributed by atoms with E-state index in [9.17, 15) is 33.9 Å². The van der Waals surface area contributed by atoms with Gasteiger partial charge < -0.3 is 49.7 Å². The van der Waals surface area contributed by atoms with Crippen molar-refractivity contribution in [3.05, 3.63) is 0 Å². The third-order valence-electron chi connectivity index (χ3n) is 5.25. The number of aliphatic imine (C=N–C) groups is 1. The average Bonchev–Trinajstić information content (AvgIpc) is 2.80. The Bertz CT molecular complexity index is 875. The SMILES string of the molecule is CC(C)C[C@H](NC(=O)[C@H](CCCN=C(N)N)NC(=O)[C@@H](N)CCC(N)=O)C(=O)N[C@@H](CCC(N)=O)C(=O)O. The van der Waals surface area contributed by atoms with E-state index in [0.717, 1.165) is 0 Å². The van der Waals surface area contributed by atoms with Crippen molar-refractivity contribution in [1.82, 2.24) is 16.0 Å². The monoisotopic (exact) mass is 543 g/mol. The van der Waals surface area contributed by atoms with Gasteiger partial charge in [-0.25, -0.2) is 4.79 Å². The molecule has 216 valence electrons. The number of carbonyl (C=O) groups excluding carboxylic acids is 5. The summed E-state index contributed by atoms with van der Waals surface area (Å²) in [6, 6.07) is -4.82. The fraction of sp³-hybridized carbons (Fsp3) is 0.682. The predicted molar refractivity (Wildman–Crippen MR) is 138 cm³/mol. The lowest BCUT2D eigenvalue weighted by atomic mass is 10.0. The lowest BCUT2D eigenvalue weighted by molar-refractivity contribution is -0.142. The van der Waals surface area contributed by atoms with E-state index in [-0.39, 0.29) is 63.4 Å². The largest absolute Gasteiger partial charge is 0.480 e. The first kappa shape index (κ1) is 34.0. The second kappa shape index (κ2) is 17.5. The summed E-state index contributed by atoms with van der Waals surface area (Å²) in [5.41, 5.74) is 26.6. The highest BCUT2D eigenvalue weighted by Crippen LogP contribution is 2.09. The lowest BCUT2D eigenvalue weighted by Crippen LogP contribution is -2.57. The van der Waals surface area contributed by atoms with Gasteiger partial charge in [0.15, 0.2) is 5.96 Å². The van der Waals surface area contributed by atoms with E-state index in [1.165, 1.54) is 0 Å². The summed E-state index contributed by atoms with van der Waals surface area (Å²) in [4.78, 5) is 76.0. The Balaban J connectivity index is 5.63. The number of nitrogens with zero attached hydrogens (tertiary/aromatic N) is 1. The minimum absolute atomic E-state index is 0.0379. The van der Waals surface area contributed by atoms with Crippen molar-refractivity contribution in [2.45, 2.75) is 83.0 Å². The van der Waals surface area contributed by atoms with E-state index in [1.807, 2.05) is 0 Å². The molecule has 0 aliphatic heterocycles. The molecule has 16 nitrogen and oxygen atoms in total. The number of carboxylic acids is 1. The van der Waals surface area contributed by atoms with Crippen molar-refractivity contribution < 1.29 is 33.9 Å². The summed E-state index contributed by atoms with van der Waals surface area (Å²) in [5, 5.41) is 16.8. The zero-order valence-electron chi connectivity index (χ0n) is 21.8. The molecule has 0 saturated carbocycles. The van der Waals surface area contributed by atoms with Gasteiger partial charge in [0.25, 0.3) is 0 Å². The van der Waals surface area contributed by atoms with E-state index in [0.29, 0.717) is 0 Å². The molecule has 0 aromatic carbocycles. The molecule has 0 fully saturated rings. The molecular weight excluding hydrogens is 502 g/mol. The van der Waals surface area contributed by atoms with Crippen molar-refractivity contribution in [3.8, 4) is 0 Å². The van der Waals surface area contributed by atoms with Crippen LogP contribution in [-0.2, 0) is 28.8 Å². The van der Waals surface area contributed by atoms with E-state index in [2.05, 4.69) is 20.9 Å². The van der Waals surface area contributed by atoms with Gasteiger partial charge in [-0.1, -0.05) is 13.8 Å². The zero-order chi connectivity index (χ0) is 29.4. The number of nitrogens with one attached hydrogen (secondary N) is 3. The summed E-state index contributed by atoms with van der Waals surface area (Å²) in [7, 11) is 0. The molecule has 0 aliphatic rings. The normalized spacial score (nSPS) is 13.9. The van der Waals surface area contributed by atoms with E-state index < -0.39 is 59.7 Å². The number of aliphatic carboxylic acids is 1. The molecular formula is C22H41N9O7. The van der Waals surface area contributed by atoms with Gasteiger partial charge >= 0.3 is 5.97 Å². The van der Waals surface area contributed by atoms with E-state index in [1.54, 1.807) is 13.8 Å². The minimum Gasteiger partial charge on any atom is -0.480 e. The van der Waals surface area contributed by atoms with Crippen LogP contribution in [0.15, 0.2) is 4.99 Å². The Hall–Kier alpha value is -3.95. The third-order valence-corrected chi connectivity index (χ3v) is 5.25. The van der Waals surface area contributed by atoms with Gasteiger partial charge in [0.2, 0.25) is 29.5 Å². The highest BCUT2D eigenvalue weighted by Gasteiger charge is 2.30. The first-order chi connectivity index (χ1) is 17.6. The van der Waals surface area contributed by atoms with Gasteiger partial charge in [-0.15, -0.1) is 0 Å². The van der Waals surface area contributed by atoms with Crippen LogP contribution >= 0.6 is 0 Å². The number of rotatable bonds is 19. The van der Waals surface area contributed by atoms with Crippen LogP contribution in [0.5, 0.6) is 0 Å². The zero-order valence-corrected chi connectivity index (χ0v) is 21.8. The standard InChI is InChI=1S/C22H41N9O7/c1-11(2)10-15(20(36)30-14(21(37)38)6-8-17(25)33)31-19(35)13(4-3-9-28-22(26)27)29-18(34)12(23)5-7-16(24)32/h11-15H,3-10,23H2,1-2H3,(H2,24,32)(H2,25,33)(H,29,34)(H,30,36)(H,31,35)(H,37,38)(H4,26,27,28)/t12-,13-,14-,15-/m0/s1. The van der Waals surface area contributed by atoms with E-state index >= 15 is 0 Å². The Kier molecular flexibility index (Phi) is 15.7. The molecule has 0 bridgehead atoms. The molecule has 0 radical (unpaired) electrons. The summed E-state index contributed by atoms with van der Waals surface area (Å²) < 4.78 is 0. The van der Waals surface area contributed by atoms with Crippen molar-refractivity contribution in [2.24, 2.45) is 39.6 Å². The number of nitrogens with two attached hydrogens (primary N) is 5. The third kappa shape index (κ3) is 15.2. The number of carboxylic acid groups (broad SMARTS) is 1. The van der Waals surface area contributed by atoms with Crippen molar-refractivity contribution >= 4 is 41.5 Å². The molecule has 4 atom stereocenters. The van der Waals surface area contributed by atoms with Crippen LogP contribution < -0.4 is 44.6 Å². The molecule has 0 aromatic heterocycles. The Morgan fingerprint density at radius 3 is 1.74 bits per heavy atom. The molecule has 16 heteroatoms. The molecule has 0 aliphatic carbocycles. The first-order valence-corrected chi connectivity index (χ1v) is 12.1. The average molecular weight is 544 g/mol. The fourth-order valence-corrected chi connectivity index (χ4v) is 3.27.